The Balaban J connectivity index is 1.48. The number of hydrogen-bond donors (Lipinski definition) is 1. The lowest BCUT2D eigenvalue weighted by molar-refractivity contribution is -0.117. The standard InChI is InChI=1S/C20H26ClN3OS/c1-14-10-15(2)20(16(3)11-14)22-19(25)13-24-8-6-23(7-9-24)12-17-4-5-18(21)26-17/h4-5,10-11H,6-9,12-13H2,1-3H3,(H,22,25). The first-order valence-corrected chi connectivity index (χ1v) is 10.2. The zero-order valence-corrected chi connectivity index (χ0v) is 17.2. The fraction of sp³-hybridized carbons (Fsp3) is 0.450. The van der Waals surface area contributed by atoms with Gasteiger partial charge >= 0.3 is 0 Å². The number of nitrogens with zero attached hydrogens (tertiary/aromatic N) is 2. The molecule has 1 amide bonds. The van der Waals surface area contributed by atoms with Crippen molar-refractivity contribution in [1.29, 1.82) is 0 Å². The summed E-state index contributed by atoms with van der Waals surface area (Å²) in [6.07, 6.45) is 0. The largest absolute Gasteiger partial charge is 0.324 e. The van der Waals surface area contributed by atoms with Crippen LogP contribution in [0.2, 0.25) is 4.34 Å². The molecule has 0 saturated carbocycles. The minimum absolute atomic E-state index is 0.0681. The van der Waals surface area contributed by atoms with Crippen LogP contribution < -0.4 is 5.32 Å². The third-order valence-electron chi connectivity index (χ3n) is 4.78. The van der Waals surface area contributed by atoms with Gasteiger partial charge in [0.2, 0.25) is 5.91 Å². The zero-order valence-electron chi connectivity index (χ0n) is 15.6. The first kappa shape index (κ1) is 19.4. The molecule has 1 aromatic heterocycles. The molecule has 0 bridgehead atoms. The van der Waals surface area contributed by atoms with Crippen molar-refractivity contribution in [2.24, 2.45) is 0 Å². The van der Waals surface area contributed by atoms with E-state index in [1.54, 1.807) is 11.3 Å². The summed E-state index contributed by atoms with van der Waals surface area (Å²) in [4.78, 5) is 18.4. The first-order chi connectivity index (χ1) is 12.4. The van der Waals surface area contributed by atoms with Crippen molar-refractivity contribution in [3.05, 3.63) is 50.2 Å². The Morgan fingerprint density at radius 3 is 2.27 bits per heavy atom. The molecule has 0 unspecified atom stereocenters. The van der Waals surface area contributed by atoms with Gasteiger partial charge in [0.05, 0.1) is 10.9 Å². The van der Waals surface area contributed by atoms with Crippen LogP contribution in [0, 0.1) is 20.8 Å². The van der Waals surface area contributed by atoms with E-state index in [4.69, 9.17) is 11.6 Å². The van der Waals surface area contributed by atoms with E-state index in [1.165, 1.54) is 10.4 Å². The van der Waals surface area contributed by atoms with E-state index in [-0.39, 0.29) is 5.91 Å². The van der Waals surface area contributed by atoms with Gasteiger partial charge in [0.1, 0.15) is 0 Å². The van der Waals surface area contributed by atoms with Gasteiger partial charge in [-0.3, -0.25) is 14.6 Å². The summed E-state index contributed by atoms with van der Waals surface area (Å²) >= 11 is 7.65. The number of carbonyl (C=O) groups is 1. The molecule has 0 spiro atoms. The second-order valence-corrected chi connectivity index (χ2v) is 8.88. The highest BCUT2D eigenvalue weighted by atomic mass is 35.5. The molecule has 0 aliphatic carbocycles. The van der Waals surface area contributed by atoms with E-state index in [0.717, 1.165) is 53.9 Å². The lowest BCUT2D eigenvalue weighted by atomic mass is 10.1. The Bertz CT molecular complexity index is 758. The maximum Gasteiger partial charge on any atom is 0.238 e. The summed E-state index contributed by atoms with van der Waals surface area (Å²) in [5, 5.41) is 3.10. The number of anilines is 1. The predicted molar refractivity (Wildman–Crippen MR) is 110 cm³/mol. The lowest BCUT2D eigenvalue weighted by Crippen LogP contribution is -2.48. The summed E-state index contributed by atoms with van der Waals surface area (Å²) < 4.78 is 0.844. The van der Waals surface area contributed by atoms with Gasteiger partial charge in [-0.05, 0) is 44.0 Å². The molecule has 0 atom stereocenters. The summed E-state index contributed by atoms with van der Waals surface area (Å²) in [6.45, 7) is 11.4. The topological polar surface area (TPSA) is 35.6 Å². The Kier molecular flexibility index (Phi) is 6.35. The van der Waals surface area contributed by atoms with Crippen LogP contribution in [-0.2, 0) is 11.3 Å². The maximum atomic E-state index is 12.5. The SMILES string of the molecule is Cc1cc(C)c(NC(=O)CN2CCN(Cc3ccc(Cl)s3)CC2)c(C)c1. The number of carbonyl (C=O) groups excluding carboxylic acids is 1. The van der Waals surface area contributed by atoms with Crippen LogP contribution in [0.25, 0.3) is 0 Å². The molecular formula is C20H26ClN3OS. The predicted octanol–water partition coefficient (Wildman–Crippen LogP) is 4.08. The molecule has 1 aliphatic heterocycles. The molecule has 1 fully saturated rings. The number of benzene rings is 1. The normalized spacial score (nSPS) is 16.0. The number of piperazine rings is 1. The van der Waals surface area contributed by atoms with E-state index in [2.05, 4.69) is 40.2 Å². The van der Waals surface area contributed by atoms with Crippen molar-refractivity contribution < 1.29 is 4.79 Å². The van der Waals surface area contributed by atoms with Crippen LogP contribution in [0.3, 0.4) is 0 Å². The molecule has 4 nitrogen and oxygen atoms in total. The molecule has 26 heavy (non-hydrogen) atoms. The fourth-order valence-corrected chi connectivity index (χ4v) is 4.65. The summed E-state index contributed by atoms with van der Waals surface area (Å²) in [6, 6.07) is 8.27. The van der Waals surface area contributed by atoms with Gasteiger partial charge in [0.15, 0.2) is 0 Å². The summed E-state index contributed by atoms with van der Waals surface area (Å²) in [5.41, 5.74) is 4.42. The van der Waals surface area contributed by atoms with Gasteiger partial charge in [-0.1, -0.05) is 29.3 Å². The number of amides is 1. The number of thiophene rings is 1. The molecule has 140 valence electrons. The zero-order chi connectivity index (χ0) is 18.7. The molecule has 2 heterocycles. The van der Waals surface area contributed by atoms with Crippen LogP contribution >= 0.6 is 22.9 Å². The van der Waals surface area contributed by atoms with Gasteiger partial charge in [-0.15, -0.1) is 11.3 Å². The van der Waals surface area contributed by atoms with E-state index >= 15 is 0 Å². The van der Waals surface area contributed by atoms with Crippen molar-refractivity contribution in [2.45, 2.75) is 27.3 Å². The molecular weight excluding hydrogens is 366 g/mol. The van der Waals surface area contributed by atoms with Crippen LogP contribution in [0.4, 0.5) is 5.69 Å². The summed E-state index contributed by atoms with van der Waals surface area (Å²) in [5.74, 6) is 0.0681. The molecule has 0 radical (unpaired) electrons. The quantitative estimate of drug-likeness (QED) is 0.834. The van der Waals surface area contributed by atoms with E-state index in [1.807, 2.05) is 19.9 Å². The Morgan fingerprint density at radius 1 is 1.08 bits per heavy atom. The van der Waals surface area contributed by atoms with Gasteiger partial charge < -0.3 is 5.32 Å². The number of aryl methyl sites for hydroxylation is 3. The molecule has 6 heteroatoms. The average molecular weight is 392 g/mol. The summed E-state index contributed by atoms with van der Waals surface area (Å²) in [7, 11) is 0. The van der Waals surface area contributed by atoms with Crippen molar-refractivity contribution in [1.82, 2.24) is 9.80 Å². The van der Waals surface area contributed by atoms with E-state index in [9.17, 15) is 4.79 Å². The maximum absolute atomic E-state index is 12.5. The third kappa shape index (κ3) is 5.07. The van der Waals surface area contributed by atoms with Crippen LogP contribution in [0.1, 0.15) is 21.6 Å². The highest BCUT2D eigenvalue weighted by molar-refractivity contribution is 7.16. The molecule has 2 aromatic rings. The monoisotopic (exact) mass is 391 g/mol. The molecule has 1 N–H and O–H groups in total. The molecule has 1 aromatic carbocycles. The van der Waals surface area contributed by atoms with Crippen molar-refractivity contribution >= 4 is 34.5 Å². The van der Waals surface area contributed by atoms with Gasteiger partial charge in [0, 0.05) is 43.3 Å². The smallest absolute Gasteiger partial charge is 0.238 e. The number of halogens is 1. The third-order valence-corrected chi connectivity index (χ3v) is 6.00. The van der Waals surface area contributed by atoms with Crippen LogP contribution in [0.15, 0.2) is 24.3 Å². The van der Waals surface area contributed by atoms with Crippen molar-refractivity contribution in [3.63, 3.8) is 0 Å². The highest BCUT2D eigenvalue weighted by Crippen LogP contribution is 2.23. The van der Waals surface area contributed by atoms with Crippen LogP contribution in [0.5, 0.6) is 0 Å². The van der Waals surface area contributed by atoms with Crippen LogP contribution in [-0.4, -0.2) is 48.4 Å². The minimum Gasteiger partial charge on any atom is -0.324 e. The Labute approximate surface area is 164 Å². The minimum atomic E-state index is 0.0681. The first-order valence-electron chi connectivity index (χ1n) is 8.97. The second kappa shape index (κ2) is 8.53. The number of rotatable bonds is 5. The van der Waals surface area contributed by atoms with E-state index < -0.39 is 0 Å². The number of nitrogens with one attached hydrogen (secondary N) is 1. The lowest BCUT2D eigenvalue weighted by Gasteiger charge is -2.34. The van der Waals surface area contributed by atoms with Gasteiger partial charge in [0.25, 0.3) is 0 Å². The molecule has 1 saturated heterocycles. The second-order valence-electron chi connectivity index (χ2n) is 7.08. The van der Waals surface area contributed by atoms with Crippen molar-refractivity contribution in [3.8, 4) is 0 Å². The average Bonchev–Trinajstić information content (AvgIpc) is 2.98. The van der Waals surface area contributed by atoms with Crippen molar-refractivity contribution in [2.75, 3.05) is 38.0 Å². The van der Waals surface area contributed by atoms with Gasteiger partial charge in [-0.2, -0.15) is 0 Å². The molecule has 3 rings (SSSR count). The fourth-order valence-electron chi connectivity index (χ4n) is 3.52. The highest BCUT2D eigenvalue weighted by Gasteiger charge is 2.20. The molecule has 1 aliphatic rings. The van der Waals surface area contributed by atoms with Gasteiger partial charge in [-0.25, -0.2) is 0 Å². The Hall–Kier alpha value is -1.40. The van der Waals surface area contributed by atoms with E-state index in [0.29, 0.717) is 6.54 Å². The number of hydrogen-bond acceptors (Lipinski definition) is 4. The Morgan fingerprint density at radius 2 is 1.69 bits per heavy atom.